The van der Waals surface area contributed by atoms with E-state index in [1.807, 2.05) is 36.4 Å². The second-order valence-electron chi connectivity index (χ2n) is 7.90. The van der Waals surface area contributed by atoms with E-state index in [0.717, 1.165) is 24.3 Å². The van der Waals surface area contributed by atoms with Crippen LogP contribution < -0.4 is 24.4 Å². The summed E-state index contributed by atoms with van der Waals surface area (Å²) in [7, 11) is 3.20. The van der Waals surface area contributed by atoms with Crippen LogP contribution in [0.15, 0.2) is 36.4 Å². The predicted molar refractivity (Wildman–Crippen MR) is 113 cm³/mol. The van der Waals surface area contributed by atoms with Crippen LogP contribution in [0.2, 0.25) is 0 Å². The fourth-order valence-electron chi connectivity index (χ4n) is 4.29. The van der Waals surface area contributed by atoms with Gasteiger partial charge in [-0.3, -0.25) is 4.79 Å². The molecular weight excluding hydrogens is 368 g/mol. The van der Waals surface area contributed by atoms with Crippen LogP contribution in [0.5, 0.6) is 17.2 Å². The molecule has 0 spiro atoms. The zero-order valence-electron chi connectivity index (χ0n) is 17.4. The Labute approximate surface area is 171 Å². The molecule has 154 valence electrons. The monoisotopic (exact) mass is 396 g/mol. The minimum absolute atomic E-state index is 0.101. The van der Waals surface area contributed by atoms with Gasteiger partial charge in [0.1, 0.15) is 11.9 Å². The topological polar surface area (TPSA) is 60.0 Å². The number of hydrogen-bond donors (Lipinski definition) is 1. The molecule has 1 unspecified atom stereocenters. The van der Waals surface area contributed by atoms with E-state index in [-0.39, 0.29) is 11.9 Å². The van der Waals surface area contributed by atoms with Gasteiger partial charge in [0.25, 0.3) is 0 Å². The van der Waals surface area contributed by atoms with Gasteiger partial charge in [-0.05, 0) is 49.7 Å². The van der Waals surface area contributed by atoms with Crippen LogP contribution in [0.4, 0.5) is 5.69 Å². The fraction of sp³-hybridized carbons (Fsp3) is 0.435. The molecule has 1 N–H and O–H groups in total. The lowest BCUT2D eigenvalue weighted by Gasteiger charge is -2.38. The largest absolute Gasteiger partial charge is 0.493 e. The molecule has 0 bridgehead atoms. The molecule has 2 aromatic rings. The van der Waals surface area contributed by atoms with E-state index in [1.165, 1.54) is 0 Å². The molecule has 6 heteroatoms. The third-order valence-electron chi connectivity index (χ3n) is 5.61. The smallest absolute Gasteiger partial charge is 0.170 e. The van der Waals surface area contributed by atoms with Gasteiger partial charge in [-0.15, -0.1) is 0 Å². The number of fused-ring (bicyclic) bond motifs is 1. The minimum Gasteiger partial charge on any atom is -0.493 e. The number of nitrogens with zero attached hydrogens (tertiary/aromatic N) is 1. The highest BCUT2D eigenvalue weighted by Gasteiger charge is 2.30. The summed E-state index contributed by atoms with van der Waals surface area (Å²) in [5.41, 5.74) is 2.64. The Balaban J connectivity index is 1.58. The minimum atomic E-state index is -0.333. The fourth-order valence-corrected chi connectivity index (χ4v) is 4.29. The quantitative estimate of drug-likeness (QED) is 0.852. The summed E-state index contributed by atoms with van der Waals surface area (Å²) in [4.78, 5) is 15.3. The third-order valence-corrected chi connectivity index (χ3v) is 5.61. The van der Waals surface area contributed by atoms with Crippen LogP contribution in [0.25, 0.3) is 0 Å². The van der Waals surface area contributed by atoms with Crippen molar-refractivity contribution in [3.05, 3.63) is 47.5 Å². The van der Waals surface area contributed by atoms with E-state index in [9.17, 15) is 4.79 Å². The van der Waals surface area contributed by atoms with Crippen molar-refractivity contribution in [1.29, 1.82) is 0 Å². The zero-order valence-corrected chi connectivity index (χ0v) is 17.4. The van der Waals surface area contributed by atoms with E-state index in [0.29, 0.717) is 41.3 Å². The maximum atomic E-state index is 12.9. The molecule has 6 nitrogen and oxygen atoms in total. The number of ether oxygens (including phenoxy) is 3. The molecule has 1 fully saturated rings. The van der Waals surface area contributed by atoms with Crippen molar-refractivity contribution in [2.24, 2.45) is 0 Å². The highest BCUT2D eigenvalue weighted by atomic mass is 16.5. The summed E-state index contributed by atoms with van der Waals surface area (Å²) >= 11 is 0. The Morgan fingerprint density at radius 1 is 1.00 bits per heavy atom. The first-order chi connectivity index (χ1) is 14.0. The Bertz CT molecular complexity index is 904. The summed E-state index contributed by atoms with van der Waals surface area (Å²) < 4.78 is 16.9. The number of carbonyl (C=O) groups is 1. The summed E-state index contributed by atoms with van der Waals surface area (Å²) in [6, 6.07) is 12.4. The van der Waals surface area contributed by atoms with E-state index < -0.39 is 0 Å². The first kappa shape index (κ1) is 19.6. The first-order valence-corrected chi connectivity index (χ1v) is 10.0. The van der Waals surface area contributed by atoms with Gasteiger partial charge in [0.05, 0.1) is 26.2 Å². The number of piperazine rings is 1. The van der Waals surface area contributed by atoms with Crippen LogP contribution in [0.1, 0.15) is 42.3 Å². The van der Waals surface area contributed by atoms with Crippen molar-refractivity contribution in [3.63, 3.8) is 0 Å². The number of benzene rings is 2. The van der Waals surface area contributed by atoms with Gasteiger partial charge in [0, 0.05) is 30.9 Å². The Morgan fingerprint density at radius 2 is 1.72 bits per heavy atom. The Morgan fingerprint density at radius 3 is 2.41 bits per heavy atom. The molecule has 2 aliphatic rings. The lowest BCUT2D eigenvalue weighted by Crippen LogP contribution is -2.54. The lowest BCUT2D eigenvalue weighted by atomic mass is 9.95. The summed E-state index contributed by atoms with van der Waals surface area (Å²) in [5, 5.41) is 3.54. The average Bonchev–Trinajstić information content (AvgIpc) is 2.72. The van der Waals surface area contributed by atoms with E-state index in [1.54, 1.807) is 14.2 Å². The second kappa shape index (κ2) is 7.95. The van der Waals surface area contributed by atoms with Crippen molar-refractivity contribution in [1.82, 2.24) is 5.32 Å². The normalized spacial score (nSPS) is 23.9. The molecule has 0 radical (unpaired) electrons. The number of methoxy groups -OCH3 is 2. The summed E-state index contributed by atoms with van der Waals surface area (Å²) in [5.74, 6) is 2.03. The van der Waals surface area contributed by atoms with Crippen LogP contribution >= 0.6 is 0 Å². The number of hydrogen-bond acceptors (Lipinski definition) is 6. The molecule has 1 saturated heterocycles. The van der Waals surface area contributed by atoms with Crippen molar-refractivity contribution in [2.75, 3.05) is 32.2 Å². The summed E-state index contributed by atoms with van der Waals surface area (Å²) in [6.07, 6.45) is -0.0276. The van der Waals surface area contributed by atoms with Gasteiger partial charge in [-0.1, -0.05) is 6.07 Å². The Kier molecular flexibility index (Phi) is 5.37. The van der Waals surface area contributed by atoms with Crippen LogP contribution in [0.3, 0.4) is 0 Å². The van der Waals surface area contributed by atoms with Gasteiger partial charge in [-0.25, -0.2) is 0 Å². The maximum absolute atomic E-state index is 12.9. The number of nitrogens with one attached hydrogen (secondary N) is 1. The average molecular weight is 396 g/mol. The molecule has 2 aliphatic heterocycles. The number of anilines is 1. The van der Waals surface area contributed by atoms with Gasteiger partial charge in [-0.2, -0.15) is 0 Å². The second-order valence-corrected chi connectivity index (χ2v) is 7.90. The molecule has 3 atom stereocenters. The van der Waals surface area contributed by atoms with Crippen molar-refractivity contribution in [2.45, 2.75) is 38.5 Å². The first-order valence-electron chi connectivity index (χ1n) is 10.0. The van der Waals surface area contributed by atoms with Crippen LogP contribution in [-0.2, 0) is 0 Å². The van der Waals surface area contributed by atoms with Gasteiger partial charge in [0.15, 0.2) is 17.3 Å². The number of Topliss-reactive ketones (excluding diaryl/α,β-unsaturated/α-hetero) is 1. The Hall–Kier alpha value is -2.73. The SMILES string of the molecule is COc1ccc(C2CC(=O)c3cc(N4C[C@@H](C)N[C@@H](C)C4)ccc3O2)cc1OC. The van der Waals surface area contributed by atoms with Crippen molar-refractivity contribution < 1.29 is 19.0 Å². The molecule has 2 heterocycles. The molecular formula is C23H28N2O4. The molecule has 4 rings (SSSR count). The standard InChI is InChI=1S/C23H28N2O4/c1-14-12-25(13-15(2)24-14)17-6-8-20-18(10-17)19(26)11-22(29-20)16-5-7-21(27-3)23(9-16)28-4/h5-10,14-15,22,24H,11-13H2,1-4H3/t14-,15+,22?. The molecule has 2 aromatic carbocycles. The highest BCUT2D eigenvalue weighted by Crippen LogP contribution is 2.39. The maximum Gasteiger partial charge on any atom is 0.170 e. The molecule has 0 aliphatic carbocycles. The van der Waals surface area contributed by atoms with E-state index in [2.05, 4.69) is 24.1 Å². The van der Waals surface area contributed by atoms with Gasteiger partial charge in [0.2, 0.25) is 0 Å². The molecule has 29 heavy (non-hydrogen) atoms. The summed E-state index contributed by atoms with van der Waals surface area (Å²) in [6.45, 7) is 6.21. The molecule has 0 amide bonds. The van der Waals surface area contributed by atoms with Crippen LogP contribution in [0, 0.1) is 0 Å². The molecule has 0 saturated carbocycles. The van der Waals surface area contributed by atoms with Crippen molar-refractivity contribution in [3.8, 4) is 17.2 Å². The van der Waals surface area contributed by atoms with E-state index >= 15 is 0 Å². The highest BCUT2D eigenvalue weighted by molar-refractivity contribution is 6.01. The predicted octanol–water partition coefficient (Wildman–Crippen LogP) is 3.60. The molecule has 0 aromatic heterocycles. The number of carbonyl (C=O) groups excluding carboxylic acids is 1. The number of ketones is 1. The van der Waals surface area contributed by atoms with Crippen molar-refractivity contribution >= 4 is 11.5 Å². The van der Waals surface area contributed by atoms with Crippen LogP contribution in [-0.4, -0.2) is 45.2 Å². The third kappa shape index (κ3) is 3.90. The number of rotatable bonds is 4. The van der Waals surface area contributed by atoms with Gasteiger partial charge >= 0.3 is 0 Å². The van der Waals surface area contributed by atoms with E-state index in [4.69, 9.17) is 14.2 Å². The van der Waals surface area contributed by atoms with Gasteiger partial charge < -0.3 is 24.4 Å². The zero-order chi connectivity index (χ0) is 20.5. The lowest BCUT2D eigenvalue weighted by molar-refractivity contribution is 0.0850.